The first-order valence-corrected chi connectivity index (χ1v) is 6.27. The molecule has 0 aliphatic heterocycles. The van der Waals surface area contributed by atoms with E-state index in [2.05, 4.69) is 0 Å². The molecule has 7 nitrogen and oxygen atoms in total. The predicted octanol–water partition coefficient (Wildman–Crippen LogP) is 3.18. The second-order valence-corrected chi connectivity index (χ2v) is 4.78. The number of hydrogen-bond donors (Lipinski definition) is 1. The Balaban J connectivity index is 2.41. The van der Waals surface area contributed by atoms with Gasteiger partial charge in [0.15, 0.2) is 16.7 Å². The van der Waals surface area contributed by atoms with Gasteiger partial charge < -0.3 is 14.3 Å². The lowest BCUT2D eigenvalue weighted by Gasteiger charge is -2.05. The average Bonchev–Trinajstić information content (AvgIpc) is 2.88. The number of hydrogen-bond acceptors (Lipinski definition) is 6. The van der Waals surface area contributed by atoms with Gasteiger partial charge in [-0.3, -0.25) is 10.1 Å². The maximum Gasteiger partial charge on any atom is 0.371 e. The largest absolute Gasteiger partial charge is 0.494 e. The average molecular weight is 313 g/mol. The van der Waals surface area contributed by atoms with Crippen molar-refractivity contribution in [1.29, 1.82) is 0 Å². The van der Waals surface area contributed by atoms with Crippen LogP contribution in [0.4, 0.5) is 10.1 Å². The van der Waals surface area contributed by atoms with E-state index in [1.165, 1.54) is 19.2 Å². The van der Waals surface area contributed by atoms with Gasteiger partial charge >= 0.3 is 5.97 Å². The van der Waals surface area contributed by atoms with E-state index in [4.69, 9.17) is 14.3 Å². The molecule has 110 valence electrons. The van der Waals surface area contributed by atoms with E-state index in [0.29, 0.717) is 0 Å². The molecule has 0 saturated carbocycles. The second-order valence-electron chi connectivity index (χ2n) is 3.74. The molecular formula is C12H8FNO6S. The fourth-order valence-corrected chi connectivity index (χ4v) is 2.39. The Morgan fingerprint density at radius 1 is 1.48 bits per heavy atom. The summed E-state index contributed by atoms with van der Waals surface area (Å²) in [7, 11) is 1.23. The first-order chi connectivity index (χ1) is 9.92. The molecule has 0 amide bonds. The fraction of sp³-hybridized carbons (Fsp3) is 0.0833. The van der Waals surface area contributed by atoms with Gasteiger partial charge in [0.25, 0.3) is 5.69 Å². The van der Waals surface area contributed by atoms with Crippen LogP contribution in [0.5, 0.6) is 5.75 Å². The number of halogens is 1. The Bertz CT molecular complexity index is 714. The Labute approximate surface area is 121 Å². The third-order valence-electron chi connectivity index (χ3n) is 2.43. The van der Waals surface area contributed by atoms with Crippen LogP contribution in [0.3, 0.4) is 0 Å². The molecule has 0 aliphatic rings. The number of carboxylic acid groups (broad SMARTS) is 1. The molecule has 9 heteroatoms. The standard InChI is InChI=1S/C12H8FNO6S/c1-19-9-5-10(7(14(17)18)4-6(9)13)21-11-3-2-8(20-11)12(15)16/h2-5H,1H3,(H,15,16). The molecule has 0 unspecified atom stereocenters. The highest BCUT2D eigenvalue weighted by Crippen LogP contribution is 2.39. The first kappa shape index (κ1) is 14.9. The van der Waals surface area contributed by atoms with Crippen LogP contribution in [0.25, 0.3) is 0 Å². The number of ether oxygens (including phenoxy) is 1. The Hall–Kier alpha value is -2.55. The Morgan fingerprint density at radius 3 is 2.71 bits per heavy atom. The number of nitro benzene ring substituents is 1. The second kappa shape index (κ2) is 5.83. The summed E-state index contributed by atoms with van der Waals surface area (Å²) in [5, 5.41) is 19.8. The number of aromatic carboxylic acids is 1. The highest BCUT2D eigenvalue weighted by Gasteiger charge is 2.21. The fourth-order valence-electron chi connectivity index (χ4n) is 1.50. The van der Waals surface area contributed by atoms with Gasteiger partial charge in [-0.2, -0.15) is 0 Å². The van der Waals surface area contributed by atoms with Crippen LogP contribution in [0.15, 0.2) is 38.7 Å². The minimum Gasteiger partial charge on any atom is -0.494 e. The SMILES string of the molecule is COc1cc(Sc2ccc(C(=O)O)o2)c([N+](=O)[O-])cc1F. The summed E-state index contributed by atoms with van der Waals surface area (Å²) in [4.78, 5) is 21.0. The Morgan fingerprint density at radius 2 is 2.19 bits per heavy atom. The van der Waals surface area contributed by atoms with Gasteiger partial charge in [0.1, 0.15) is 0 Å². The highest BCUT2D eigenvalue weighted by atomic mass is 32.2. The smallest absolute Gasteiger partial charge is 0.371 e. The molecule has 0 bridgehead atoms. The van der Waals surface area contributed by atoms with E-state index in [0.717, 1.165) is 23.9 Å². The van der Waals surface area contributed by atoms with Gasteiger partial charge in [-0.1, -0.05) is 0 Å². The molecule has 1 heterocycles. The number of furan rings is 1. The van der Waals surface area contributed by atoms with Crippen molar-refractivity contribution in [3.05, 3.63) is 46.0 Å². The molecule has 0 spiro atoms. The molecule has 0 radical (unpaired) electrons. The lowest BCUT2D eigenvalue weighted by Crippen LogP contribution is -1.95. The van der Waals surface area contributed by atoms with Crippen LogP contribution in [0.2, 0.25) is 0 Å². The highest BCUT2D eigenvalue weighted by molar-refractivity contribution is 7.99. The van der Waals surface area contributed by atoms with Crippen LogP contribution in [-0.4, -0.2) is 23.1 Å². The van der Waals surface area contributed by atoms with Gasteiger partial charge in [-0.15, -0.1) is 0 Å². The topological polar surface area (TPSA) is 103 Å². The summed E-state index contributed by atoms with van der Waals surface area (Å²) < 4.78 is 23.3. The summed E-state index contributed by atoms with van der Waals surface area (Å²) in [5.74, 6) is -2.57. The minimum absolute atomic E-state index is 0.0736. The molecule has 0 atom stereocenters. The lowest BCUT2D eigenvalue weighted by molar-refractivity contribution is -0.387. The van der Waals surface area contributed by atoms with Crippen molar-refractivity contribution >= 4 is 23.4 Å². The third kappa shape index (κ3) is 3.14. The molecule has 2 aromatic rings. The minimum atomic E-state index is -1.26. The van der Waals surface area contributed by atoms with Crippen molar-refractivity contribution in [2.75, 3.05) is 7.11 Å². The Kier molecular flexibility index (Phi) is 4.13. The maximum atomic E-state index is 13.5. The number of rotatable bonds is 5. The number of methoxy groups -OCH3 is 1. The van der Waals surface area contributed by atoms with Gasteiger partial charge in [0.05, 0.1) is 23.0 Å². The lowest BCUT2D eigenvalue weighted by atomic mass is 10.3. The van der Waals surface area contributed by atoms with Gasteiger partial charge in [-0.05, 0) is 23.9 Å². The van der Waals surface area contributed by atoms with Gasteiger partial charge in [-0.25, -0.2) is 9.18 Å². The van der Waals surface area contributed by atoms with Crippen molar-refractivity contribution in [3.8, 4) is 5.75 Å². The zero-order chi connectivity index (χ0) is 15.6. The van der Waals surface area contributed by atoms with E-state index in [1.54, 1.807) is 0 Å². The monoisotopic (exact) mass is 313 g/mol. The van der Waals surface area contributed by atoms with Crippen LogP contribution >= 0.6 is 11.8 Å². The van der Waals surface area contributed by atoms with E-state index < -0.39 is 22.4 Å². The van der Waals surface area contributed by atoms with Gasteiger partial charge in [0, 0.05) is 6.07 Å². The molecule has 0 saturated heterocycles. The van der Waals surface area contributed by atoms with Crippen LogP contribution < -0.4 is 4.74 Å². The van der Waals surface area contributed by atoms with E-state index in [9.17, 15) is 19.3 Å². The summed E-state index contributed by atoms with van der Waals surface area (Å²) in [6.45, 7) is 0. The van der Waals surface area contributed by atoms with E-state index in [1.807, 2.05) is 0 Å². The number of benzene rings is 1. The zero-order valence-electron chi connectivity index (χ0n) is 10.5. The van der Waals surface area contributed by atoms with Crippen molar-refractivity contribution < 1.29 is 28.4 Å². The van der Waals surface area contributed by atoms with Crippen molar-refractivity contribution in [2.24, 2.45) is 0 Å². The van der Waals surface area contributed by atoms with E-state index >= 15 is 0 Å². The van der Waals surface area contributed by atoms with E-state index in [-0.39, 0.29) is 21.5 Å². The molecule has 21 heavy (non-hydrogen) atoms. The molecule has 0 fully saturated rings. The van der Waals surface area contributed by atoms with Gasteiger partial charge in [0.2, 0.25) is 5.76 Å². The normalized spacial score (nSPS) is 10.4. The third-order valence-corrected chi connectivity index (χ3v) is 3.40. The quantitative estimate of drug-likeness (QED) is 0.667. The molecular weight excluding hydrogens is 305 g/mol. The molecule has 1 aromatic carbocycles. The molecule has 0 aliphatic carbocycles. The molecule has 2 rings (SSSR count). The number of carbonyl (C=O) groups is 1. The summed E-state index contributed by atoms with van der Waals surface area (Å²) in [6, 6.07) is 4.47. The summed E-state index contributed by atoms with van der Waals surface area (Å²) in [6.07, 6.45) is 0. The predicted molar refractivity (Wildman–Crippen MR) is 69.4 cm³/mol. The summed E-state index contributed by atoms with van der Waals surface area (Å²) in [5.41, 5.74) is -0.466. The van der Waals surface area contributed by atoms with Crippen LogP contribution in [-0.2, 0) is 0 Å². The molecule has 1 N–H and O–H groups in total. The number of nitrogens with zero attached hydrogens (tertiary/aromatic N) is 1. The van der Waals surface area contributed by atoms with Crippen LogP contribution in [0.1, 0.15) is 10.6 Å². The molecule has 1 aromatic heterocycles. The van der Waals surface area contributed by atoms with Crippen molar-refractivity contribution in [2.45, 2.75) is 9.99 Å². The van der Waals surface area contributed by atoms with Crippen LogP contribution in [0, 0.1) is 15.9 Å². The first-order valence-electron chi connectivity index (χ1n) is 5.45. The van der Waals surface area contributed by atoms with Crippen molar-refractivity contribution in [3.63, 3.8) is 0 Å². The summed E-state index contributed by atoms with van der Waals surface area (Å²) >= 11 is 0.801. The van der Waals surface area contributed by atoms with Crippen molar-refractivity contribution in [1.82, 2.24) is 0 Å². The zero-order valence-corrected chi connectivity index (χ0v) is 11.3. The maximum absolute atomic E-state index is 13.5. The number of carboxylic acids is 1. The number of nitro groups is 1.